The van der Waals surface area contributed by atoms with Gasteiger partial charge in [-0.25, -0.2) is 0 Å². The molecule has 2 rings (SSSR count). The molecular weight excluding hydrogens is 247 g/mol. The van der Waals surface area contributed by atoms with Gasteiger partial charge < -0.3 is 27.4 Å². The fourth-order valence-corrected chi connectivity index (χ4v) is 0.749. The molecule has 1 saturated heterocycles. The average Bonchev–Trinajstić information content (AvgIpc) is 2.61. The van der Waals surface area contributed by atoms with Crippen LogP contribution in [0.15, 0.2) is 0 Å². The maximum atomic E-state index is 5.31. The zero-order valence-corrected chi connectivity index (χ0v) is 11.7. The van der Waals surface area contributed by atoms with E-state index in [1.165, 1.54) is 0 Å². The van der Waals surface area contributed by atoms with Gasteiger partial charge >= 0.3 is 29.6 Å². The molecule has 2 heterocycles. The van der Waals surface area contributed by atoms with Crippen LogP contribution in [0, 0.1) is 0 Å². The molecule has 2 atom stereocenters. The van der Waals surface area contributed by atoms with Crippen molar-refractivity contribution in [3.63, 3.8) is 0 Å². The first-order valence-corrected chi connectivity index (χ1v) is 4.24. The van der Waals surface area contributed by atoms with Crippen LogP contribution in [0.3, 0.4) is 0 Å². The molecule has 1 aliphatic rings. The van der Waals surface area contributed by atoms with Gasteiger partial charge in [0.1, 0.15) is 0 Å². The molecule has 10 heteroatoms. The predicted octanol–water partition coefficient (Wildman–Crippen LogP) is -3.58. The predicted molar refractivity (Wildman–Crippen MR) is 55.2 cm³/mol. The van der Waals surface area contributed by atoms with Crippen molar-refractivity contribution in [2.24, 2.45) is 0 Å². The quantitative estimate of drug-likeness (QED) is 0.245. The molecule has 0 aliphatic carbocycles. The number of halogens is 1. The third kappa shape index (κ3) is 6.99. The van der Waals surface area contributed by atoms with Crippen molar-refractivity contribution in [2.45, 2.75) is 18.6 Å². The number of epoxide rings is 1. The van der Waals surface area contributed by atoms with Crippen LogP contribution in [-0.2, 0) is 4.74 Å². The van der Waals surface area contributed by atoms with Gasteiger partial charge in [-0.2, -0.15) is 15.0 Å². The number of rotatable bonds is 0. The van der Waals surface area contributed by atoms with E-state index in [0.717, 1.165) is 0 Å². The second kappa shape index (κ2) is 7.82. The minimum Gasteiger partial charge on any atom is -0.870 e. The van der Waals surface area contributed by atoms with Crippen LogP contribution < -0.4 is 46.8 Å². The van der Waals surface area contributed by atoms with E-state index in [1.54, 1.807) is 0 Å². The van der Waals surface area contributed by atoms with Crippen molar-refractivity contribution in [1.29, 1.82) is 0 Å². The molecule has 8 nitrogen and oxygen atoms in total. The van der Waals surface area contributed by atoms with Gasteiger partial charge in [0.05, 0.1) is 6.10 Å². The Labute approximate surface area is 120 Å². The molecule has 0 radical (unpaired) electrons. The van der Waals surface area contributed by atoms with Crippen LogP contribution in [0.5, 0.6) is 0 Å². The SMILES string of the molecule is CC1OC1Cl.Nc1nc(N)nc(N)n1.[Na+].[OH-]. The third-order valence-electron chi connectivity index (χ3n) is 1.32. The van der Waals surface area contributed by atoms with Crippen LogP contribution in [0.1, 0.15) is 6.92 Å². The molecule has 7 N–H and O–H groups in total. The molecule has 1 aromatic rings. The van der Waals surface area contributed by atoms with Crippen LogP contribution in [-0.4, -0.2) is 32.1 Å². The van der Waals surface area contributed by atoms with Gasteiger partial charge in [0.2, 0.25) is 17.8 Å². The van der Waals surface area contributed by atoms with E-state index in [1.807, 2.05) is 6.92 Å². The first-order chi connectivity index (χ1) is 6.49. The smallest absolute Gasteiger partial charge is 0.870 e. The molecule has 1 fully saturated rings. The summed E-state index contributed by atoms with van der Waals surface area (Å²) in [5, 5.41) is 0. The third-order valence-corrected chi connectivity index (χ3v) is 1.78. The van der Waals surface area contributed by atoms with Crippen molar-refractivity contribution in [1.82, 2.24) is 15.0 Å². The summed E-state index contributed by atoms with van der Waals surface area (Å²) in [7, 11) is 0. The van der Waals surface area contributed by atoms with Crippen molar-refractivity contribution in [3.05, 3.63) is 0 Å². The van der Waals surface area contributed by atoms with Crippen LogP contribution in [0.2, 0.25) is 0 Å². The van der Waals surface area contributed by atoms with E-state index < -0.39 is 0 Å². The summed E-state index contributed by atoms with van der Waals surface area (Å²) in [6.07, 6.45) is 0.316. The molecule has 0 amide bonds. The number of anilines is 3. The van der Waals surface area contributed by atoms with E-state index in [0.29, 0.717) is 6.10 Å². The van der Waals surface area contributed by atoms with Crippen molar-refractivity contribution < 1.29 is 39.8 Å². The summed E-state index contributed by atoms with van der Waals surface area (Å²) < 4.78 is 4.68. The summed E-state index contributed by atoms with van der Waals surface area (Å²) >= 11 is 5.31. The fraction of sp³-hybridized carbons (Fsp3) is 0.500. The molecule has 2 unspecified atom stereocenters. The Morgan fingerprint density at radius 1 is 1.06 bits per heavy atom. The van der Waals surface area contributed by atoms with Crippen LogP contribution in [0.25, 0.3) is 0 Å². The summed E-state index contributed by atoms with van der Waals surface area (Å²) in [5.41, 5.74) is 15.4. The van der Waals surface area contributed by atoms with E-state index in [2.05, 4.69) is 19.7 Å². The van der Waals surface area contributed by atoms with Crippen molar-refractivity contribution in [3.8, 4) is 0 Å². The number of hydrogen-bond acceptors (Lipinski definition) is 8. The maximum absolute atomic E-state index is 5.31. The number of hydrogen-bond donors (Lipinski definition) is 3. The van der Waals surface area contributed by atoms with Gasteiger partial charge in [0.15, 0.2) is 5.56 Å². The van der Waals surface area contributed by atoms with E-state index >= 15 is 0 Å². The van der Waals surface area contributed by atoms with Gasteiger partial charge in [0, 0.05) is 0 Å². The molecule has 1 aromatic heterocycles. The molecular formula is C6H12ClN6NaO2. The second-order valence-electron chi connectivity index (χ2n) is 2.60. The van der Waals surface area contributed by atoms with Gasteiger partial charge in [-0.3, -0.25) is 0 Å². The zero-order chi connectivity index (χ0) is 10.7. The van der Waals surface area contributed by atoms with Gasteiger partial charge in [-0.05, 0) is 6.92 Å². The van der Waals surface area contributed by atoms with Gasteiger partial charge in [0.25, 0.3) is 0 Å². The first-order valence-electron chi connectivity index (χ1n) is 3.81. The molecule has 16 heavy (non-hydrogen) atoms. The number of aromatic nitrogens is 3. The summed E-state index contributed by atoms with van der Waals surface area (Å²) in [6.45, 7) is 1.94. The Hall–Kier alpha value is -0.380. The van der Waals surface area contributed by atoms with Gasteiger partial charge in [-0.15, -0.1) is 0 Å². The van der Waals surface area contributed by atoms with Crippen molar-refractivity contribution in [2.75, 3.05) is 17.2 Å². The Kier molecular flexibility index (Phi) is 8.80. The van der Waals surface area contributed by atoms with Crippen LogP contribution in [0.4, 0.5) is 17.8 Å². The molecule has 0 aromatic carbocycles. The molecule has 86 valence electrons. The molecule has 1 aliphatic heterocycles. The fourth-order valence-electron chi connectivity index (χ4n) is 0.587. The topological polar surface area (TPSA) is 159 Å². The maximum Gasteiger partial charge on any atom is 1.00 e. The zero-order valence-electron chi connectivity index (χ0n) is 8.96. The van der Waals surface area contributed by atoms with E-state index in [-0.39, 0.29) is 58.4 Å². The number of nitrogen functional groups attached to an aromatic ring is 3. The molecule has 0 saturated carbocycles. The minimum absolute atomic E-state index is 0. The Morgan fingerprint density at radius 2 is 1.25 bits per heavy atom. The molecule has 0 bridgehead atoms. The summed E-state index contributed by atoms with van der Waals surface area (Å²) in [4.78, 5) is 10.5. The monoisotopic (exact) mass is 258 g/mol. The largest absolute Gasteiger partial charge is 1.00 e. The number of alkyl halides is 1. The number of nitrogens with two attached hydrogens (primary N) is 3. The number of ether oxygens (including phenoxy) is 1. The van der Waals surface area contributed by atoms with E-state index in [9.17, 15) is 0 Å². The van der Waals surface area contributed by atoms with Crippen LogP contribution >= 0.6 is 11.6 Å². The average molecular weight is 259 g/mol. The summed E-state index contributed by atoms with van der Waals surface area (Å²) in [5.74, 6) is 0.125. The Morgan fingerprint density at radius 3 is 1.38 bits per heavy atom. The Balaban J connectivity index is 0. The number of nitrogens with zero attached hydrogens (tertiary/aromatic N) is 3. The van der Waals surface area contributed by atoms with E-state index in [4.69, 9.17) is 28.8 Å². The molecule has 0 spiro atoms. The Bertz CT molecular complexity index is 273. The van der Waals surface area contributed by atoms with Gasteiger partial charge in [-0.1, -0.05) is 11.6 Å². The second-order valence-corrected chi connectivity index (χ2v) is 3.03. The normalized spacial score (nSPS) is 20.6. The summed E-state index contributed by atoms with van der Waals surface area (Å²) in [6, 6.07) is 0. The standard InChI is InChI=1S/C3H5ClO.C3H6N6.Na.H2O/c1-2-3(4)5-2;4-1-7-2(5)9-3(6)8-1;;/h2-3H,1H3;(H6,4,5,6,7,8,9);;1H2/q;;+1;/p-1. The minimum atomic E-state index is 0. The first kappa shape index (κ1) is 18.0. The van der Waals surface area contributed by atoms with Crippen molar-refractivity contribution >= 4 is 29.4 Å².